The Labute approximate surface area is 160 Å². The largest absolute Gasteiger partial charge is 0.355 e. The van der Waals surface area contributed by atoms with Crippen LogP contribution in [0.1, 0.15) is 35.8 Å². The molecule has 3 aromatic heterocycles. The second kappa shape index (κ2) is 5.76. The van der Waals surface area contributed by atoms with Gasteiger partial charge in [0.05, 0.1) is 11.9 Å². The van der Waals surface area contributed by atoms with Crippen molar-refractivity contribution in [3.8, 4) is 0 Å². The quantitative estimate of drug-likeness (QED) is 0.664. The molecule has 1 fully saturated rings. The number of aryl methyl sites for hydroxylation is 1. The van der Waals surface area contributed by atoms with Gasteiger partial charge < -0.3 is 10.6 Å². The zero-order valence-corrected chi connectivity index (χ0v) is 16.3. The lowest BCUT2D eigenvalue weighted by molar-refractivity contribution is 0.186. The summed E-state index contributed by atoms with van der Waals surface area (Å²) in [5, 5.41) is 4.42. The molecule has 5 rings (SSSR count). The molecule has 1 unspecified atom stereocenters. The molecule has 3 aromatic rings. The minimum absolute atomic E-state index is 0.0861. The number of nitrogens with two attached hydrogens (primary N) is 1. The van der Waals surface area contributed by atoms with Gasteiger partial charge in [-0.05, 0) is 65.2 Å². The van der Waals surface area contributed by atoms with Gasteiger partial charge in [0.15, 0.2) is 5.82 Å². The topological polar surface area (TPSA) is 72.3 Å². The Morgan fingerprint density at radius 1 is 1.23 bits per heavy atom. The van der Waals surface area contributed by atoms with Gasteiger partial charge in [-0.1, -0.05) is 6.07 Å². The Bertz CT molecular complexity index is 989. The van der Waals surface area contributed by atoms with Crippen molar-refractivity contribution in [1.29, 1.82) is 0 Å². The van der Waals surface area contributed by atoms with E-state index in [-0.39, 0.29) is 11.5 Å². The molecule has 2 aliphatic rings. The second-order valence-corrected chi connectivity index (χ2v) is 8.23. The number of piperidine rings is 1. The number of hydrogen-bond acceptors (Lipinski definition) is 5. The highest BCUT2D eigenvalue weighted by molar-refractivity contribution is 9.10. The van der Waals surface area contributed by atoms with E-state index < -0.39 is 0 Å². The molecular weight excluding hydrogens is 392 g/mol. The average molecular weight is 413 g/mol. The minimum Gasteiger partial charge on any atom is -0.355 e. The second-order valence-electron chi connectivity index (χ2n) is 7.48. The maximum absolute atomic E-state index is 6.66. The van der Waals surface area contributed by atoms with E-state index in [1.165, 1.54) is 11.3 Å². The maximum Gasteiger partial charge on any atom is 0.155 e. The Balaban J connectivity index is 1.44. The van der Waals surface area contributed by atoms with E-state index in [4.69, 9.17) is 10.7 Å². The van der Waals surface area contributed by atoms with Crippen LogP contribution in [0.2, 0.25) is 0 Å². The SMILES string of the molecule is Cc1nc(N2CCC3(CC2)Cc2ncccc2C3N)c2ccnn2c1Br. The van der Waals surface area contributed by atoms with E-state index in [1.54, 1.807) is 0 Å². The first-order valence-electron chi connectivity index (χ1n) is 9.03. The lowest BCUT2D eigenvalue weighted by Gasteiger charge is -2.42. The van der Waals surface area contributed by atoms with Crippen molar-refractivity contribution in [3.63, 3.8) is 0 Å². The van der Waals surface area contributed by atoms with Crippen LogP contribution in [0.3, 0.4) is 0 Å². The predicted octanol–water partition coefficient (Wildman–Crippen LogP) is 3.04. The van der Waals surface area contributed by atoms with Gasteiger partial charge in [0.25, 0.3) is 0 Å². The number of pyridine rings is 1. The molecule has 0 amide bonds. The van der Waals surface area contributed by atoms with Crippen LogP contribution < -0.4 is 10.6 Å². The molecular formula is C19H21BrN6. The fraction of sp³-hybridized carbons (Fsp3) is 0.421. The van der Waals surface area contributed by atoms with E-state index in [2.05, 4.69) is 37.0 Å². The van der Waals surface area contributed by atoms with Crippen LogP contribution in [0.4, 0.5) is 5.82 Å². The molecule has 0 aromatic carbocycles. The normalized spacial score (nSPS) is 21.5. The molecule has 4 heterocycles. The van der Waals surface area contributed by atoms with Gasteiger partial charge in [0.1, 0.15) is 10.1 Å². The summed E-state index contributed by atoms with van der Waals surface area (Å²) < 4.78 is 2.83. The van der Waals surface area contributed by atoms with Gasteiger partial charge in [-0.25, -0.2) is 9.50 Å². The predicted molar refractivity (Wildman–Crippen MR) is 104 cm³/mol. The molecule has 1 aliphatic carbocycles. The summed E-state index contributed by atoms with van der Waals surface area (Å²) in [7, 11) is 0. The van der Waals surface area contributed by atoms with Gasteiger partial charge in [0.2, 0.25) is 0 Å². The van der Waals surface area contributed by atoms with E-state index in [0.29, 0.717) is 0 Å². The molecule has 134 valence electrons. The first-order chi connectivity index (χ1) is 12.6. The van der Waals surface area contributed by atoms with Gasteiger partial charge >= 0.3 is 0 Å². The molecule has 6 nitrogen and oxygen atoms in total. The summed E-state index contributed by atoms with van der Waals surface area (Å²) in [6, 6.07) is 6.25. The summed E-state index contributed by atoms with van der Waals surface area (Å²) in [5.74, 6) is 1.01. The van der Waals surface area contributed by atoms with Crippen molar-refractivity contribution in [2.75, 3.05) is 18.0 Å². The highest BCUT2D eigenvalue weighted by Gasteiger charge is 2.46. The first kappa shape index (κ1) is 16.2. The summed E-state index contributed by atoms with van der Waals surface area (Å²) in [6.45, 7) is 3.92. The van der Waals surface area contributed by atoms with Crippen molar-refractivity contribution < 1.29 is 0 Å². The summed E-state index contributed by atoms with van der Waals surface area (Å²) in [4.78, 5) is 11.8. The number of aromatic nitrogens is 4. The Kier molecular flexibility index (Phi) is 3.59. The lowest BCUT2D eigenvalue weighted by atomic mass is 9.73. The van der Waals surface area contributed by atoms with Crippen molar-refractivity contribution >= 4 is 27.3 Å². The van der Waals surface area contributed by atoms with Crippen LogP contribution in [0.5, 0.6) is 0 Å². The number of fused-ring (bicyclic) bond motifs is 2. The van der Waals surface area contributed by atoms with Gasteiger partial charge in [0, 0.05) is 31.0 Å². The molecule has 26 heavy (non-hydrogen) atoms. The molecule has 1 saturated heterocycles. The summed E-state index contributed by atoms with van der Waals surface area (Å²) in [6.07, 6.45) is 6.81. The molecule has 1 atom stereocenters. The zero-order valence-electron chi connectivity index (χ0n) is 14.7. The third kappa shape index (κ3) is 2.23. The first-order valence-corrected chi connectivity index (χ1v) is 9.82. The summed E-state index contributed by atoms with van der Waals surface area (Å²) in [5.41, 5.74) is 11.2. The molecule has 0 saturated carbocycles. The minimum atomic E-state index is 0.0861. The highest BCUT2D eigenvalue weighted by Crippen LogP contribution is 2.50. The van der Waals surface area contributed by atoms with Crippen LogP contribution in [-0.2, 0) is 6.42 Å². The standard InChI is InChI=1S/C19H21BrN6/c1-12-17(20)26-15(4-8-23-26)18(24-12)25-9-5-19(6-10-25)11-14-13(16(19)21)3-2-7-22-14/h2-4,7-8,16H,5-6,9-11,21H2,1H3. The molecule has 1 spiro atoms. The number of hydrogen-bond donors (Lipinski definition) is 1. The van der Waals surface area contributed by atoms with Crippen LogP contribution in [0, 0.1) is 12.3 Å². The molecule has 7 heteroatoms. The van der Waals surface area contributed by atoms with E-state index >= 15 is 0 Å². The fourth-order valence-corrected chi connectivity index (χ4v) is 4.95. The smallest absolute Gasteiger partial charge is 0.155 e. The lowest BCUT2D eigenvalue weighted by Crippen LogP contribution is -2.44. The monoisotopic (exact) mass is 412 g/mol. The van der Waals surface area contributed by atoms with Crippen molar-refractivity contribution in [1.82, 2.24) is 19.6 Å². The zero-order chi connectivity index (χ0) is 17.9. The van der Waals surface area contributed by atoms with Crippen LogP contribution >= 0.6 is 15.9 Å². The third-order valence-corrected chi connectivity index (χ3v) is 7.04. The third-order valence-electron chi connectivity index (χ3n) is 6.13. The molecule has 1 aliphatic heterocycles. The van der Waals surface area contributed by atoms with Gasteiger partial charge in [-0.2, -0.15) is 5.10 Å². The van der Waals surface area contributed by atoms with Crippen molar-refractivity contribution in [3.05, 3.63) is 52.1 Å². The Morgan fingerprint density at radius 3 is 2.81 bits per heavy atom. The van der Waals surface area contributed by atoms with Gasteiger partial charge in [-0.15, -0.1) is 0 Å². The van der Waals surface area contributed by atoms with Crippen LogP contribution in [0.15, 0.2) is 35.2 Å². The fourth-order valence-electron chi connectivity index (χ4n) is 4.58. The number of nitrogens with zero attached hydrogens (tertiary/aromatic N) is 5. The van der Waals surface area contributed by atoms with E-state index in [0.717, 1.165) is 54.0 Å². The number of rotatable bonds is 1. The molecule has 0 bridgehead atoms. The van der Waals surface area contributed by atoms with Crippen LogP contribution in [0.25, 0.3) is 5.52 Å². The highest BCUT2D eigenvalue weighted by atomic mass is 79.9. The van der Waals surface area contributed by atoms with Crippen LogP contribution in [-0.4, -0.2) is 32.7 Å². The molecule has 0 radical (unpaired) electrons. The molecule has 2 N–H and O–H groups in total. The summed E-state index contributed by atoms with van der Waals surface area (Å²) >= 11 is 3.59. The Hall–Kier alpha value is -1.99. The Morgan fingerprint density at radius 2 is 2.04 bits per heavy atom. The van der Waals surface area contributed by atoms with E-state index in [1.807, 2.05) is 36.0 Å². The maximum atomic E-state index is 6.66. The number of halogens is 1. The van der Waals surface area contributed by atoms with Crippen molar-refractivity contribution in [2.45, 2.75) is 32.2 Å². The number of anilines is 1. The average Bonchev–Trinajstić information content (AvgIpc) is 3.24. The van der Waals surface area contributed by atoms with Gasteiger partial charge in [-0.3, -0.25) is 4.98 Å². The van der Waals surface area contributed by atoms with Crippen molar-refractivity contribution in [2.24, 2.45) is 11.1 Å². The van der Waals surface area contributed by atoms with E-state index in [9.17, 15) is 0 Å².